The van der Waals surface area contributed by atoms with Crippen LogP contribution in [0.25, 0.3) is 0 Å². The summed E-state index contributed by atoms with van der Waals surface area (Å²) in [6.07, 6.45) is 1.76. The summed E-state index contributed by atoms with van der Waals surface area (Å²) in [6, 6.07) is 0.342. The van der Waals surface area contributed by atoms with Crippen molar-refractivity contribution >= 4 is 5.91 Å². The topological polar surface area (TPSA) is 29.1 Å². The van der Waals surface area contributed by atoms with Crippen LogP contribution in [-0.4, -0.2) is 11.9 Å². The van der Waals surface area contributed by atoms with Gasteiger partial charge in [0.25, 0.3) is 0 Å². The summed E-state index contributed by atoms with van der Waals surface area (Å²) in [7, 11) is 0. The summed E-state index contributed by atoms with van der Waals surface area (Å²) in [6.45, 7) is 8.66. The Morgan fingerprint density at radius 2 is 2.00 bits per heavy atom. The minimum absolute atomic E-state index is 0.162. The molecule has 1 aliphatic rings. The van der Waals surface area contributed by atoms with E-state index in [2.05, 4.69) is 33.0 Å². The van der Waals surface area contributed by atoms with E-state index in [0.29, 0.717) is 18.4 Å². The van der Waals surface area contributed by atoms with Gasteiger partial charge in [-0.15, -0.1) is 0 Å². The molecule has 70 valence electrons. The maximum atomic E-state index is 11.3. The molecule has 1 saturated heterocycles. The third-order valence-corrected chi connectivity index (χ3v) is 3.06. The lowest BCUT2D eigenvalue weighted by molar-refractivity contribution is -0.123. The fourth-order valence-corrected chi connectivity index (χ4v) is 1.82. The average Bonchev–Trinajstić information content (AvgIpc) is 1.89. The molecule has 2 atom stereocenters. The fraction of sp³-hybridized carbons (Fsp3) is 0.900. The largest absolute Gasteiger partial charge is 0.354 e. The summed E-state index contributed by atoms with van der Waals surface area (Å²) in [4.78, 5) is 11.3. The summed E-state index contributed by atoms with van der Waals surface area (Å²) in [5.74, 6) is 0.823. The monoisotopic (exact) mass is 169 g/mol. The van der Waals surface area contributed by atoms with Crippen LogP contribution in [0.3, 0.4) is 0 Å². The molecule has 1 heterocycles. The zero-order valence-corrected chi connectivity index (χ0v) is 8.48. The van der Waals surface area contributed by atoms with E-state index in [4.69, 9.17) is 0 Å². The smallest absolute Gasteiger partial charge is 0.220 e. The first kappa shape index (κ1) is 9.56. The molecule has 0 aliphatic carbocycles. The van der Waals surface area contributed by atoms with Gasteiger partial charge in [-0.1, -0.05) is 20.8 Å². The predicted octanol–water partition coefficient (Wildman–Crippen LogP) is 1.95. The highest BCUT2D eigenvalue weighted by atomic mass is 16.1. The van der Waals surface area contributed by atoms with E-state index in [9.17, 15) is 4.79 Å². The van der Waals surface area contributed by atoms with Gasteiger partial charge in [-0.05, 0) is 24.7 Å². The lowest BCUT2D eigenvalue weighted by Crippen LogP contribution is -2.30. The zero-order valence-electron chi connectivity index (χ0n) is 8.48. The Hall–Kier alpha value is -0.530. The van der Waals surface area contributed by atoms with Crippen molar-refractivity contribution in [1.82, 2.24) is 5.32 Å². The van der Waals surface area contributed by atoms with Gasteiger partial charge < -0.3 is 5.32 Å². The minimum Gasteiger partial charge on any atom is -0.354 e. The van der Waals surface area contributed by atoms with Crippen LogP contribution in [0.2, 0.25) is 0 Å². The van der Waals surface area contributed by atoms with Crippen molar-refractivity contribution in [3.8, 4) is 0 Å². The van der Waals surface area contributed by atoms with Crippen LogP contribution in [0.15, 0.2) is 0 Å². The lowest BCUT2D eigenvalue weighted by atomic mass is 9.76. The number of hydrogen-bond donors (Lipinski definition) is 1. The second-order valence-corrected chi connectivity index (χ2v) is 4.77. The van der Waals surface area contributed by atoms with Crippen LogP contribution in [-0.2, 0) is 4.79 Å². The Balaban J connectivity index is 2.75. The van der Waals surface area contributed by atoms with Crippen LogP contribution in [0, 0.1) is 11.3 Å². The molecular formula is C10H19NO. The predicted molar refractivity (Wildman–Crippen MR) is 49.8 cm³/mol. The minimum atomic E-state index is 0.162. The van der Waals surface area contributed by atoms with E-state index < -0.39 is 0 Å². The summed E-state index contributed by atoms with van der Waals surface area (Å²) in [5, 5.41) is 2.99. The van der Waals surface area contributed by atoms with Crippen LogP contribution in [0.4, 0.5) is 0 Å². The van der Waals surface area contributed by atoms with Crippen molar-refractivity contribution in [1.29, 1.82) is 0 Å². The molecule has 0 saturated carbocycles. The van der Waals surface area contributed by atoms with Gasteiger partial charge >= 0.3 is 0 Å². The standard InChI is InChI=1S/C10H19NO/c1-7-5-8(2)11-9(12)6-10(7,3)4/h7-8H,5-6H2,1-4H3,(H,11,12)/t7-,8-/m1/s1. The van der Waals surface area contributed by atoms with Crippen LogP contribution < -0.4 is 5.32 Å². The van der Waals surface area contributed by atoms with Gasteiger partial charge in [-0.25, -0.2) is 0 Å². The van der Waals surface area contributed by atoms with Crippen molar-refractivity contribution in [2.24, 2.45) is 11.3 Å². The Labute approximate surface area is 74.7 Å². The summed E-state index contributed by atoms with van der Waals surface area (Å²) in [5.41, 5.74) is 0.162. The van der Waals surface area contributed by atoms with E-state index in [0.717, 1.165) is 6.42 Å². The maximum absolute atomic E-state index is 11.3. The molecule has 0 aromatic heterocycles. The van der Waals surface area contributed by atoms with E-state index in [1.165, 1.54) is 0 Å². The molecular weight excluding hydrogens is 150 g/mol. The van der Waals surface area contributed by atoms with Gasteiger partial charge in [0, 0.05) is 12.5 Å². The van der Waals surface area contributed by atoms with Crippen molar-refractivity contribution in [3.05, 3.63) is 0 Å². The molecule has 1 rings (SSSR count). The Bertz CT molecular complexity index is 186. The third kappa shape index (κ3) is 1.99. The SMILES string of the molecule is C[C@@H]1C[C@@H](C)C(C)(C)CC(=O)N1. The zero-order chi connectivity index (χ0) is 9.35. The average molecular weight is 169 g/mol. The third-order valence-electron chi connectivity index (χ3n) is 3.06. The van der Waals surface area contributed by atoms with Gasteiger partial charge in [-0.3, -0.25) is 4.79 Å². The molecule has 1 N–H and O–H groups in total. The molecule has 0 bridgehead atoms. The second kappa shape index (κ2) is 3.08. The number of nitrogens with one attached hydrogen (secondary N) is 1. The number of carbonyl (C=O) groups is 1. The van der Waals surface area contributed by atoms with Crippen LogP contribution in [0.5, 0.6) is 0 Å². The number of carbonyl (C=O) groups excluding carboxylic acids is 1. The van der Waals surface area contributed by atoms with Gasteiger partial charge in [0.1, 0.15) is 0 Å². The van der Waals surface area contributed by atoms with E-state index in [-0.39, 0.29) is 11.3 Å². The molecule has 1 aliphatic heterocycles. The molecule has 2 nitrogen and oxygen atoms in total. The van der Waals surface area contributed by atoms with Gasteiger partial charge in [-0.2, -0.15) is 0 Å². The van der Waals surface area contributed by atoms with Gasteiger partial charge in [0.05, 0.1) is 0 Å². The molecule has 0 aromatic carbocycles. The first-order chi connectivity index (χ1) is 5.42. The highest BCUT2D eigenvalue weighted by molar-refractivity contribution is 5.77. The van der Waals surface area contributed by atoms with E-state index >= 15 is 0 Å². The van der Waals surface area contributed by atoms with E-state index in [1.807, 2.05) is 0 Å². The number of hydrogen-bond acceptors (Lipinski definition) is 1. The molecule has 12 heavy (non-hydrogen) atoms. The summed E-state index contributed by atoms with van der Waals surface area (Å²) < 4.78 is 0. The highest BCUT2D eigenvalue weighted by Crippen LogP contribution is 2.35. The highest BCUT2D eigenvalue weighted by Gasteiger charge is 2.33. The fourth-order valence-electron chi connectivity index (χ4n) is 1.82. The van der Waals surface area contributed by atoms with Crippen molar-refractivity contribution < 1.29 is 4.79 Å². The molecule has 1 fully saturated rings. The first-order valence-corrected chi connectivity index (χ1v) is 4.71. The number of amides is 1. The first-order valence-electron chi connectivity index (χ1n) is 4.71. The Kier molecular flexibility index (Phi) is 2.45. The molecule has 0 aromatic rings. The normalized spacial score (nSPS) is 35.5. The van der Waals surface area contributed by atoms with E-state index in [1.54, 1.807) is 0 Å². The van der Waals surface area contributed by atoms with Gasteiger partial charge in [0.2, 0.25) is 5.91 Å². The van der Waals surface area contributed by atoms with Crippen molar-refractivity contribution in [2.75, 3.05) is 0 Å². The van der Waals surface area contributed by atoms with Crippen LogP contribution >= 0.6 is 0 Å². The second-order valence-electron chi connectivity index (χ2n) is 4.77. The molecule has 0 spiro atoms. The Morgan fingerprint density at radius 1 is 1.42 bits per heavy atom. The van der Waals surface area contributed by atoms with Crippen molar-refractivity contribution in [3.63, 3.8) is 0 Å². The summed E-state index contributed by atoms with van der Waals surface area (Å²) >= 11 is 0. The lowest BCUT2D eigenvalue weighted by Gasteiger charge is -2.28. The Morgan fingerprint density at radius 3 is 2.58 bits per heavy atom. The quantitative estimate of drug-likeness (QED) is 0.590. The molecule has 0 radical (unpaired) electrons. The molecule has 1 amide bonds. The van der Waals surface area contributed by atoms with Gasteiger partial charge in [0.15, 0.2) is 0 Å². The van der Waals surface area contributed by atoms with Crippen molar-refractivity contribution in [2.45, 2.75) is 46.6 Å². The molecule has 0 unspecified atom stereocenters. The number of rotatable bonds is 0. The van der Waals surface area contributed by atoms with Crippen LogP contribution in [0.1, 0.15) is 40.5 Å². The maximum Gasteiger partial charge on any atom is 0.220 e. The molecule has 2 heteroatoms.